The van der Waals surface area contributed by atoms with Crippen LogP contribution in [-0.4, -0.2) is 15.3 Å². The lowest BCUT2D eigenvalue weighted by molar-refractivity contribution is 0.801. The van der Waals surface area contributed by atoms with Crippen LogP contribution in [0.5, 0.6) is 0 Å². The SMILES string of the molecule is Cn1c(SCCCCC#N)nc2ccccc21. The molecular weight excluding hydrogens is 230 g/mol. The van der Waals surface area contributed by atoms with E-state index in [9.17, 15) is 0 Å². The molecule has 0 aliphatic carbocycles. The lowest BCUT2D eigenvalue weighted by atomic mass is 10.3. The van der Waals surface area contributed by atoms with Gasteiger partial charge in [-0.3, -0.25) is 0 Å². The Bertz CT molecular complexity index is 539. The maximum absolute atomic E-state index is 8.45. The molecule has 0 unspecified atom stereocenters. The standard InChI is InChI=1S/C13H15N3S/c1-16-12-8-4-3-7-11(12)15-13(16)17-10-6-2-5-9-14/h3-4,7-8H,2,5-6,10H2,1H3. The quantitative estimate of drug-likeness (QED) is 0.599. The maximum atomic E-state index is 8.45. The van der Waals surface area contributed by atoms with E-state index in [4.69, 9.17) is 5.26 Å². The highest BCUT2D eigenvalue weighted by Crippen LogP contribution is 2.23. The first-order chi connectivity index (χ1) is 8.33. The summed E-state index contributed by atoms with van der Waals surface area (Å²) < 4.78 is 2.13. The summed E-state index contributed by atoms with van der Waals surface area (Å²) in [5.41, 5.74) is 2.22. The van der Waals surface area contributed by atoms with Crippen LogP contribution in [0.15, 0.2) is 29.4 Å². The summed E-state index contributed by atoms with van der Waals surface area (Å²) in [5.74, 6) is 1.03. The molecule has 2 rings (SSSR count). The monoisotopic (exact) mass is 245 g/mol. The number of hydrogen-bond donors (Lipinski definition) is 0. The molecule has 1 heterocycles. The second-order valence-electron chi connectivity index (χ2n) is 3.91. The second kappa shape index (κ2) is 5.74. The van der Waals surface area contributed by atoms with Gasteiger partial charge in [-0.05, 0) is 25.0 Å². The van der Waals surface area contributed by atoms with Gasteiger partial charge in [0, 0.05) is 19.2 Å². The zero-order valence-corrected chi connectivity index (χ0v) is 10.7. The summed E-state index contributed by atoms with van der Waals surface area (Å²) in [6.45, 7) is 0. The molecule has 2 aromatic rings. The number of thioether (sulfide) groups is 1. The number of aryl methyl sites for hydroxylation is 1. The number of imidazole rings is 1. The van der Waals surface area contributed by atoms with E-state index >= 15 is 0 Å². The van der Waals surface area contributed by atoms with Gasteiger partial charge in [-0.15, -0.1) is 0 Å². The van der Waals surface area contributed by atoms with Crippen LogP contribution >= 0.6 is 11.8 Å². The second-order valence-corrected chi connectivity index (χ2v) is 4.97. The number of aromatic nitrogens is 2. The Kier molecular flexibility index (Phi) is 4.05. The third kappa shape index (κ3) is 2.80. The predicted octanol–water partition coefficient (Wildman–Crippen LogP) is 3.36. The lowest BCUT2D eigenvalue weighted by Gasteiger charge is -2.01. The average Bonchev–Trinajstić information content (AvgIpc) is 2.67. The van der Waals surface area contributed by atoms with Gasteiger partial charge in [-0.25, -0.2) is 4.98 Å². The van der Waals surface area contributed by atoms with Crippen molar-refractivity contribution in [3.8, 4) is 6.07 Å². The molecule has 1 aromatic heterocycles. The van der Waals surface area contributed by atoms with E-state index in [0.29, 0.717) is 6.42 Å². The van der Waals surface area contributed by atoms with Gasteiger partial charge in [0.15, 0.2) is 5.16 Å². The van der Waals surface area contributed by atoms with Crippen molar-refractivity contribution in [2.75, 3.05) is 5.75 Å². The topological polar surface area (TPSA) is 41.6 Å². The third-order valence-electron chi connectivity index (χ3n) is 2.66. The summed E-state index contributed by atoms with van der Waals surface area (Å²) in [6.07, 6.45) is 2.71. The number of nitriles is 1. The van der Waals surface area contributed by atoms with Crippen molar-refractivity contribution in [3.05, 3.63) is 24.3 Å². The van der Waals surface area contributed by atoms with Crippen molar-refractivity contribution in [3.63, 3.8) is 0 Å². The van der Waals surface area contributed by atoms with Gasteiger partial charge in [0.2, 0.25) is 0 Å². The molecule has 17 heavy (non-hydrogen) atoms. The molecule has 0 fully saturated rings. The van der Waals surface area contributed by atoms with Crippen molar-refractivity contribution < 1.29 is 0 Å². The number of hydrogen-bond acceptors (Lipinski definition) is 3. The van der Waals surface area contributed by atoms with Crippen LogP contribution < -0.4 is 0 Å². The van der Waals surface area contributed by atoms with Crippen LogP contribution in [0.4, 0.5) is 0 Å². The summed E-state index contributed by atoms with van der Waals surface area (Å²) in [4.78, 5) is 4.59. The molecule has 0 radical (unpaired) electrons. The van der Waals surface area contributed by atoms with Crippen LogP contribution in [0.1, 0.15) is 19.3 Å². The van der Waals surface area contributed by atoms with E-state index in [1.807, 2.05) is 25.2 Å². The predicted molar refractivity (Wildman–Crippen MR) is 70.9 cm³/mol. The Hall–Kier alpha value is -1.47. The van der Waals surface area contributed by atoms with Crippen LogP contribution in [0.25, 0.3) is 11.0 Å². The Labute approximate surface area is 105 Å². The largest absolute Gasteiger partial charge is 0.322 e. The number of nitrogens with zero attached hydrogens (tertiary/aromatic N) is 3. The third-order valence-corrected chi connectivity index (χ3v) is 3.78. The summed E-state index contributed by atoms with van der Waals surface area (Å²) in [6, 6.07) is 10.3. The molecule has 0 saturated carbocycles. The van der Waals surface area contributed by atoms with Crippen molar-refractivity contribution in [2.45, 2.75) is 24.4 Å². The Morgan fingerprint density at radius 2 is 2.18 bits per heavy atom. The van der Waals surface area contributed by atoms with Gasteiger partial charge in [0.25, 0.3) is 0 Å². The van der Waals surface area contributed by atoms with Gasteiger partial charge in [-0.1, -0.05) is 23.9 Å². The number of fused-ring (bicyclic) bond motifs is 1. The smallest absolute Gasteiger partial charge is 0.168 e. The molecule has 0 saturated heterocycles. The molecule has 3 nitrogen and oxygen atoms in total. The highest BCUT2D eigenvalue weighted by atomic mass is 32.2. The van der Waals surface area contributed by atoms with Crippen molar-refractivity contribution in [2.24, 2.45) is 7.05 Å². The van der Waals surface area contributed by atoms with Crippen molar-refractivity contribution >= 4 is 22.8 Å². The first-order valence-corrected chi connectivity index (χ1v) is 6.72. The zero-order chi connectivity index (χ0) is 12.1. The average molecular weight is 245 g/mol. The van der Waals surface area contributed by atoms with Gasteiger partial charge in [-0.2, -0.15) is 5.26 Å². The molecule has 88 valence electrons. The fourth-order valence-corrected chi connectivity index (χ4v) is 2.71. The highest BCUT2D eigenvalue weighted by molar-refractivity contribution is 7.99. The Morgan fingerprint density at radius 3 is 2.94 bits per heavy atom. The van der Waals surface area contributed by atoms with E-state index in [1.54, 1.807) is 11.8 Å². The normalized spacial score (nSPS) is 10.6. The number of unbranched alkanes of at least 4 members (excludes halogenated alkanes) is 2. The fourth-order valence-electron chi connectivity index (χ4n) is 1.72. The summed E-state index contributed by atoms with van der Waals surface area (Å²) >= 11 is 1.77. The molecule has 0 aliphatic heterocycles. The van der Waals surface area contributed by atoms with E-state index in [0.717, 1.165) is 29.3 Å². The maximum Gasteiger partial charge on any atom is 0.168 e. The molecular formula is C13H15N3S. The lowest BCUT2D eigenvalue weighted by Crippen LogP contribution is -1.91. The zero-order valence-electron chi connectivity index (χ0n) is 9.89. The first-order valence-electron chi connectivity index (χ1n) is 5.74. The first kappa shape index (κ1) is 12.0. The van der Waals surface area contributed by atoms with Crippen LogP contribution in [0.2, 0.25) is 0 Å². The van der Waals surface area contributed by atoms with Crippen LogP contribution in [-0.2, 0) is 7.05 Å². The van der Waals surface area contributed by atoms with E-state index in [2.05, 4.69) is 21.7 Å². The molecule has 4 heteroatoms. The summed E-state index contributed by atoms with van der Waals surface area (Å²) in [7, 11) is 2.05. The minimum Gasteiger partial charge on any atom is -0.322 e. The molecule has 0 bridgehead atoms. The molecule has 0 N–H and O–H groups in total. The highest BCUT2D eigenvalue weighted by Gasteiger charge is 2.06. The molecule has 0 amide bonds. The van der Waals surface area contributed by atoms with Gasteiger partial charge in [0.05, 0.1) is 17.1 Å². The minimum absolute atomic E-state index is 0.656. The minimum atomic E-state index is 0.656. The van der Waals surface area contributed by atoms with Gasteiger partial charge in [0.1, 0.15) is 0 Å². The Morgan fingerprint density at radius 1 is 1.35 bits per heavy atom. The summed E-state index contributed by atoms with van der Waals surface area (Å²) in [5, 5.41) is 9.51. The fraction of sp³-hybridized carbons (Fsp3) is 0.385. The van der Waals surface area contributed by atoms with E-state index in [-0.39, 0.29) is 0 Å². The molecule has 0 spiro atoms. The van der Waals surface area contributed by atoms with Gasteiger partial charge < -0.3 is 4.57 Å². The molecule has 0 aliphatic rings. The van der Waals surface area contributed by atoms with Crippen molar-refractivity contribution in [1.29, 1.82) is 5.26 Å². The van der Waals surface area contributed by atoms with Crippen LogP contribution in [0, 0.1) is 11.3 Å². The number of benzene rings is 1. The number of rotatable bonds is 5. The van der Waals surface area contributed by atoms with E-state index < -0.39 is 0 Å². The van der Waals surface area contributed by atoms with Crippen molar-refractivity contribution in [1.82, 2.24) is 9.55 Å². The molecule has 1 aromatic carbocycles. The number of para-hydroxylation sites is 2. The van der Waals surface area contributed by atoms with Gasteiger partial charge >= 0.3 is 0 Å². The van der Waals surface area contributed by atoms with Crippen LogP contribution in [0.3, 0.4) is 0 Å². The Balaban J connectivity index is 1.99. The van der Waals surface area contributed by atoms with E-state index in [1.165, 1.54) is 5.52 Å². The molecule has 0 atom stereocenters.